The van der Waals surface area contributed by atoms with Gasteiger partial charge in [0, 0.05) is 0 Å². The molecule has 17 heavy (non-hydrogen) atoms. The number of nitrogens with one attached hydrogen (secondary N) is 1. The van der Waals surface area contributed by atoms with Crippen molar-refractivity contribution < 1.29 is 14.7 Å². The molecule has 0 bridgehead atoms. The Balaban J connectivity index is 4.56. The molecule has 0 fully saturated rings. The number of carboxylic acid groups (broad SMARTS) is 1. The zero-order chi connectivity index (χ0) is 13.6. The van der Waals surface area contributed by atoms with Crippen molar-refractivity contribution in [1.82, 2.24) is 5.32 Å². The zero-order valence-electron chi connectivity index (χ0n) is 11.1. The van der Waals surface area contributed by atoms with E-state index >= 15 is 0 Å². The Kier molecular flexibility index (Phi) is 6.16. The summed E-state index contributed by atoms with van der Waals surface area (Å²) < 4.78 is 0. The largest absolute Gasteiger partial charge is 0.480 e. The molecule has 0 spiro atoms. The number of carboxylic acids is 1. The van der Waals surface area contributed by atoms with Crippen LogP contribution in [0.5, 0.6) is 0 Å². The van der Waals surface area contributed by atoms with Crippen LogP contribution < -0.4 is 11.1 Å². The third-order valence-corrected chi connectivity index (χ3v) is 2.68. The van der Waals surface area contributed by atoms with Gasteiger partial charge in [0.05, 0.1) is 6.04 Å². The van der Waals surface area contributed by atoms with Crippen LogP contribution in [0.3, 0.4) is 0 Å². The topological polar surface area (TPSA) is 92.4 Å². The minimum atomic E-state index is -1.22. The second kappa shape index (κ2) is 6.59. The van der Waals surface area contributed by atoms with Gasteiger partial charge in [-0.05, 0) is 25.7 Å². The van der Waals surface area contributed by atoms with E-state index in [9.17, 15) is 9.59 Å². The van der Waals surface area contributed by atoms with E-state index < -0.39 is 23.5 Å². The van der Waals surface area contributed by atoms with Crippen molar-refractivity contribution in [2.75, 3.05) is 0 Å². The fourth-order valence-corrected chi connectivity index (χ4v) is 1.70. The Morgan fingerprint density at radius 2 is 1.94 bits per heavy atom. The first kappa shape index (κ1) is 15.9. The quantitative estimate of drug-likeness (QED) is 0.625. The molecule has 100 valence electrons. The summed E-state index contributed by atoms with van der Waals surface area (Å²) in [5.41, 5.74) is 4.49. The van der Waals surface area contributed by atoms with Crippen LogP contribution in [-0.4, -0.2) is 28.6 Å². The molecule has 2 atom stereocenters. The summed E-state index contributed by atoms with van der Waals surface area (Å²) in [7, 11) is 0. The second-order valence-corrected chi connectivity index (χ2v) is 5.11. The lowest BCUT2D eigenvalue weighted by molar-refractivity contribution is -0.147. The lowest BCUT2D eigenvalue weighted by Crippen LogP contribution is -2.56. The van der Waals surface area contributed by atoms with Gasteiger partial charge in [0.2, 0.25) is 5.91 Å². The van der Waals surface area contributed by atoms with Crippen LogP contribution in [0.2, 0.25) is 0 Å². The molecule has 4 N–H and O–H groups in total. The minimum absolute atomic E-state index is 0.304. The van der Waals surface area contributed by atoms with E-state index in [1.165, 1.54) is 6.92 Å². The molecule has 0 aliphatic carbocycles. The fraction of sp³-hybridized carbons (Fsp3) is 0.833. The first-order chi connectivity index (χ1) is 7.73. The molecule has 0 aromatic rings. The summed E-state index contributed by atoms with van der Waals surface area (Å²) in [5, 5.41) is 11.7. The monoisotopic (exact) mass is 244 g/mol. The molecule has 0 aliphatic rings. The van der Waals surface area contributed by atoms with Gasteiger partial charge in [-0.1, -0.05) is 27.2 Å². The molecule has 0 saturated heterocycles. The van der Waals surface area contributed by atoms with Gasteiger partial charge in [0.25, 0.3) is 0 Å². The molecule has 0 saturated carbocycles. The molecule has 0 aliphatic heterocycles. The maximum Gasteiger partial charge on any atom is 0.329 e. The van der Waals surface area contributed by atoms with Gasteiger partial charge in [-0.25, -0.2) is 4.79 Å². The van der Waals surface area contributed by atoms with Gasteiger partial charge >= 0.3 is 5.97 Å². The number of aliphatic carboxylic acids is 1. The molecule has 2 unspecified atom stereocenters. The first-order valence-corrected chi connectivity index (χ1v) is 6.04. The van der Waals surface area contributed by atoms with Crippen LogP contribution in [0.25, 0.3) is 0 Å². The Labute approximate surface area is 103 Å². The van der Waals surface area contributed by atoms with Crippen molar-refractivity contribution in [3.05, 3.63) is 0 Å². The number of rotatable bonds is 7. The smallest absolute Gasteiger partial charge is 0.329 e. The third kappa shape index (κ3) is 5.17. The highest BCUT2D eigenvalue weighted by molar-refractivity contribution is 5.89. The van der Waals surface area contributed by atoms with Gasteiger partial charge in [-0.15, -0.1) is 0 Å². The molecule has 0 aromatic carbocycles. The predicted molar refractivity (Wildman–Crippen MR) is 66.5 cm³/mol. The highest BCUT2D eigenvalue weighted by Gasteiger charge is 2.35. The molecule has 5 heteroatoms. The third-order valence-electron chi connectivity index (χ3n) is 2.68. The molecular formula is C12H24N2O3. The number of nitrogens with two attached hydrogens (primary N) is 1. The Hall–Kier alpha value is -1.10. The highest BCUT2D eigenvalue weighted by atomic mass is 16.4. The summed E-state index contributed by atoms with van der Waals surface area (Å²) in [5.74, 6) is -1.11. The van der Waals surface area contributed by atoms with Crippen molar-refractivity contribution in [3.8, 4) is 0 Å². The lowest BCUT2D eigenvalue weighted by atomic mass is 9.95. The van der Waals surface area contributed by atoms with Gasteiger partial charge in [-0.3, -0.25) is 4.79 Å². The van der Waals surface area contributed by atoms with Crippen LogP contribution >= 0.6 is 0 Å². The zero-order valence-corrected chi connectivity index (χ0v) is 11.1. The van der Waals surface area contributed by atoms with E-state index in [-0.39, 0.29) is 0 Å². The van der Waals surface area contributed by atoms with E-state index in [4.69, 9.17) is 10.8 Å². The SMILES string of the molecule is CCCC(C)(NC(=O)C(N)CC(C)C)C(=O)O. The van der Waals surface area contributed by atoms with Crippen LogP contribution in [-0.2, 0) is 9.59 Å². The van der Waals surface area contributed by atoms with Crippen LogP contribution in [0.1, 0.15) is 47.0 Å². The Morgan fingerprint density at radius 3 is 2.29 bits per heavy atom. The van der Waals surface area contributed by atoms with Crippen molar-refractivity contribution in [2.45, 2.75) is 58.5 Å². The van der Waals surface area contributed by atoms with E-state index in [1.807, 2.05) is 20.8 Å². The number of carbonyl (C=O) groups is 2. The number of hydrogen-bond acceptors (Lipinski definition) is 3. The van der Waals surface area contributed by atoms with Crippen molar-refractivity contribution in [2.24, 2.45) is 11.7 Å². The summed E-state index contributed by atoms with van der Waals surface area (Å²) in [6.07, 6.45) is 1.62. The minimum Gasteiger partial charge on any atom is -0.480 e. The summed E-state index contributed by atoms with van der Waals surface area (Å²) in [4.78, 5) is 22.9. The average molecular weight is 244 g/mol. The van der Waals surface area contributed by atoms with Crippen LogP contribution in [0.15, 0.2) is 0 Å². The number of carbonyl (C=O) groups excluding carboxylic acids is 1. The van der Waals surface area contributed by atoms with Gasteiger partial charge in [0.15, 0.2) is 0 Å². The van der Waals surface area contributed by atoms with E-state index in [1.54, 1.807) is 0 Å². The van der Waals surface area contributed by atoms with Gasteiger partial charge < -0.3 is 16.2 Å². The van der Waals surface area contributed by atoms with Crippen LogP contribution in [0, 0.1) is 5.92 Å². The number of hydrogen-bond donors (Lipinski definition) is 3. The van der Waals surface area contributed by atoms with Gasteiger partial charge in [-0.2, -0.15) is 0 Å². The predicted octanol–water partition coefficient (Wildman–Crippen LogP) is 1.12. The first-order valence-electron chi connectivity index (χ1n) is 6.04. The lowest BCUT2D eigenvalue weighted by Gasteiger charge is -2.27. The number of amides is 1. The molecule has 0 radical (unpaired) electrons. The van der Waals surface area contributed by atoms with Crippen molar-refractivity contribution in [3.63, 3.8) is 0 Å². The second-order valence-electron chi connectivity index (χ2n) is 5.11. The van der Waals surface area contributed by atoms with E-state index in [0.29, 0.717) is 25.2 Å². The normalized spacial score (nSPS) is 16.4. The Bertz CT molecular complexity index is 279. The fourth-order valence-electron chi connectivity index (χ4n) is 1.70. The highest BCUT2D eigenvalue weighted by Crippen LogP contribution is 2.13. The summed E-state index contributed by atoms with van der Waals surface area (Å²) in [6.45, 7) is 7.32. The average Bonchev–Trinajstić information content (AvgIpc) is 2.16. The van der Waals surface area contributed by atoms with Crippen LogP contribution in [0.4, 0.5) is 0 Å². The molecular weight excluding hydrogens is 220 g/mol. The summed E-state index contributed by atoms with van der Waals surface area (Å²) >= 11 is 0. The molecule has 0 heterocycles. The molecule has 0 aromatic heterocycles. The molecule has 5 nitrogen and oxygen atoms in total. The van der Waals surface area contributed by atoms with Crippen molar-refractivity contribution >= 4 is 11.9 Å². The molecule has 1 amide bonds. The Morgan fingerprint density at radius 1 is 1.41 bits per heavy atom. The van der Waals surface area contributed by atoms with E-state index in [2.05, 4.69) is 5.32 Å². The maximum absolute atomic E-state index is 11.8. The molecule has 0 rings (SSSR count). The summed E-state index contributed by atoms with van der Waals surface area (Å²) in [6, 6.07) is -0.648. The van der Waals surface area contributed by atoms with Crippen molar-refractivity contribution in [1.29, 1.82) is 0 Å². The van der Waals surface area contributed by atoms with Gasteiger partial charge in [0.1, 0.15) is 5.54 Å². The standard InChI is InChI=1S/C12H24N2O3/c1-5-6-12(4,11(16)17)14-10(15)9(13)7-8(2)3/h8-9H,5-7,13H2,1-4H3,(H,14,15)(H,16,17). The van der Waals surface area contributed by atoms with E-state index in [0.717, 1.165) is 0 Å². The maximum atomic E-state index is 11.8.